The zero-order valence-electron chi connectivity index (χ0n) is 11.5. The number of benzene rings is 1. The molecule has 1 saturated heterocycles. The molecule has 1 aromatic carbocycles. The summed E-state index contributed by atoms with van der Waals surface area (Å²) in [7, 11) is 0. The van der Waals surface area contributed by atoms with E-state index in [0.717, 1.165) is 6.42 Å². The predicted molar refractivity (Wildman–Crippen MR) is 79.2 cm³/mol. The number of hydrogen-bond acceptors (Lipinski definition) is 3. The number of halogens is 1. The molecule has 1 aromatic heterocycles. The number of nitrogens with zero attached hydrogens (tertiary/aromatic N) is 2. The minimum atomic E-state index is -0.452. The Labute approximate surface area is 122 Å². The number of carbonyl (C=O) groups is 1. The molecule has 1 amide bonds. The van der Waals surface area contributed by atoms with Crippen LogP contribution in [0.3, 0.4) is 0 Å². The third kappa shape index (κ3) is 2.64. The van der Waals surface area contributed by atoms with Gasteiger partial charge >= 0.3 is 0 Å². The number of piperidine rings is 1. The quantitative estimate of drug-likeness (QED) is 0.921. The summed E-state index contributed by atoms with van der Waals surface area (Å²) >= 11 is 0. The maximum atomic E-state index is 13.7. The van der Waals surface area contributed by atoms with Gasteiger partial charge in [-0.15, -0.1) is 0 Å². The second-order valence-corrected chi connectivity index (χ2v) is 5.12. The lowest BCUT2D eigenvalue weighted by Gasteiger charge is -2.29. The molecule has 0 aliphatic carbocycles. The highest BCUT2D eigenvalue weighted by atomic mass is 19.1. The lowest BCUT2D eigenvalue weighted by molar-refractivity contribution is -0.120. The number of anilines is 1. The second-order valence-electron chi connectivity index (χ2n) is 5.12. The van der Waals surface area contributed by atoms with Crippen LogP contribution in [0.1, 0.15) is 12.8 Å². The van der Waals surface area contributed by atoms with Crippen molar-refractivity contribution in [1.82, 2.24) is 4.98 Å². The van der Waals surface area contributed by atoms with Gasteiger partial charge in [0.1, 0.15) is 11.6 Å². The van der Waals surface area contributed by atoms with Crippen LogP contribution in [0.25, 0.3) is 11.1 Å². The zero-order chi connectivity index (χ0) is 14.8. The van der Waals surface area contributed by atoms with Crippen molar-refractivity contribution in [2.24, 2.45) is 5.73 Å². The first-order valence-electron chi connectivity index (χ1n) is 6.95. The van der Waals surface area contributed by atoms with Crippen LogP contribution in [0.2, 0.25) is 0 Å². The van der Waals surface area contributed by atoms with Gasteiger partial charge in [-0.1, -0.05) is 18.2 Å². The lowest BCUT2D eigenvalue weighted by Crippen LogP contribution is -2.48. The number of aromatic nitrogens is 1. The minimum Gasteiger partial charge on any atom is -0.320 e. The Morgan fingerprint density at radius 2 is 2.05 bits per heavy atom. The van der Waals surface area contributed by atoms with Crippen LogP contribution < -0.4 is 10.6 Å². The molecule has 4 nitrogen and oxygen atoms in total. The molecule has 1 atom stereocenters. The van der Waals surface area contributed by atoms with Crippen LogP contribution in [-0.4, -0.2) is 23.5 Å². The van der Waals surface area contributed by atoms with Crippen LogP contribution in [0, 0.1) is 5.82 Å². The van der Waals surface area contributed by atoms with Crippen molar-refractivity contribution in [1.29, 1.82) is 0 Å². The normalized spacial score (nSPS) is 18.9. The van der Waals surface area contributed by atoms with E-state index in [9.17, 15) is 9.18 Å². The van der Waals surface area contributed by atoms with E-state index in [1.165, 1.54) is 6.07 Å². The fraction of sp³-hybridized carbons (Fsp3) is 0.250. The van der Waals surface area contributed by atoms with Crippen LogP contribution in [0.4, 0.5) is 10.2 Å². The van der Waals surface area contributed by atoms with Gasteiger partial charge in [-0.2, -0.15) is 0 Å². The lowest BCUT2D eigenvalue weighted by atomic mass is 10.1. The summed E-state index contributed by atoms with van der Waals surface area (Å²) in [6.45, 7) is 0.624. The molecule has 2 N–H and O–H groups in total. The molecule has 1 fully saturated rings. The number of amides is 1. The van der Waals surface area contributed by atoms with Gasteiger partial charge in [0.25, 0.3) is 0 Å². The SMILES string of the molecule is N[C@@H]1CCCN(c2ccc(-c3ccccc3F)cn2)C1=O. The van der Waals surface area contributed by atoms with E-state index in [0.29, 0.717) is 29.9 Å². The van der Waals surface area contributed by atoms with E-state index in [2.05, 4.69) is 4.98 Å². The molecule has 2 aromatic rings. The summed E-state index contributed by atoms with van der Waals surface area (Å²) in [5, 5.41) is 0. The summed E-state index contributed by atoms with van der Waals surface area (Å²) in [5.74, 6) is 0.172. The molecule has 1 aliphatic heterocycles. The first-order chi connectivity index (χ1) is 10.2. The summed E-state index contributed by atoms with van der Waals surface area (Å²) in [6, 6.07) is 9.59. The standard InChI is InChI=1S/C16H16FN3O/c17-13-5-2-1-4-12(13)11-7-8-15(19-10-11)20-9-3-6-14(18)16(20)21/h1-2,4-5,7-8,10,14H,3,6,9,18H2/t14-/m1/s1. The molecule has 2 heterocycles. The maximum absolute atomic E-state index is 13.7. The van der Waals surface area contributed by atoms with Gasteiger partial charge in [0.2, 0.25) is 5.91 Å². The van der Waals surface area contributed by atoms with Crippen molar-refractivity contribution < 1.29 is 9.18 Å². The monoisotopic (exact) mass is 285 g/mol. The van der Waals surface area contributed by atoms with Crippen molar-refractivity contribution in [2.45, 2.75) is 18.9 Å². The van der Waals surface area contributed by atoms with Gasteiger partial charge in [0, 0.05) is 23.9 Å². The number of hydrogen-bond donors (Lipinski definition) is 1. The Hall–Kier alpha value is -2.27. The minimum absolute atomic E-state index is 0.104. The van der Waals surface area contributed by atoms with E-state index in [4.69, 9.17) is 5.73 Å². The van der Waals surface area contributed by atoms with Crippen molar-refractivity contribution in [3.63, 3.8) is 0 Å². The van der Waals surface area contributed by atoms with Gasteiger partial charge < -0.3 is 5.73 Å². The van der Waals surface area contributed by atoms with Crippen molar-refractivity contribution in [3.8, 4) is 11.1 Å². The third-order valence-corrected chi connectivity index (χ3v) is 3.69. The Morgan fingerprint density at radius 3 is 2.76 bits per heavy atom. The number of rotatable bonds is 2. The first kappa shape index (κ1) is 13.7. The summed E-state index contributed by atoms with van der Waals surface area (Å²) in [5.41, 5.74) is 6.96. The Bertz CT molecular complexity index is 657. The van der Waals surface area contributed by atoms with Gasteiger partial charge in [0.05, 0.1) is 6.04 Å². The molecule has 0 spiro atoms. The summed E-state index contributed by atoms with van der Waals surface area (Å²) in [6.07, 6.45) is 3.16. The molecule has 0 radical (unpaired) electrons. The first-order valence-corrected chi connectivity index (χ1v) is 6.95. The Morgan fingerprint density at radius 1 is 1.24 bits per heavy atom. The van der Waals surface area contributed by atoms with E-state index in [1.54, 1.807) is 41.4 Å². The zero-order valence-corrected chi connectivity index (χ0v) is 11.5. The Kier molecular flexibility index (Phi) is 3.66. The molecule has 1 aliphatic rings. The van der Waals surface area contributed by atoms with E-state index >= 15 is 0 Å². The molecular weight excluding hydrogens is 269 g/mol. The van der Waals surface area contributed by atoms with Crippen molar-refractivity contribution in [3.05, 3.63) is 48.4 Å². The maximum Gasteiger partial charge on any atom is 0.245 e. The van der Waals surface area contributed by atoms with E-state index < -0.39 is 6.04 Å². The van der Waals surface area contributed by atoms with Crippen LogP contribution >= 0.6 is 0 Å². The van der Waals surface area contributed by atoms with Gasteiger partial charge in [-0.05, 0) is 31.0 Å². The molecule has 0 saturated carbocycles. The topological polar surface area (TPSA) is 59.2 Å². The smallest absolute Gasteiger partial charge is 0.245 e. The van der Waals surface area contributed by atoms with Crippen LogP contribution in [0.15, 0.2) is 42.6 Å². The van der Waals surface area contributed by atoms with Gasteiger partial charge in [-0.3, -0.25) is 9.69 Å². The van der Waals surface area contributed by atoms with E-state index in [1.807, 2.05) is 0 Å². The van der Waals surface area contributed by atoms with Crippen LogP contribution in [0.5, 0.6) is 0 Å². The number of nitrogens with two attached hydrogens (primary N) is 1. The molecule has 5 heteroatoms. The molecule has 108 valence electrons. The molecule has 0 bridgehead atoms. The van der Waals surface area contributed by atoms with E-state index in [-0.39, 0.29) is 11.7 Å². The average molecular weight is 285 g/mol. The van der Waals surface area contributed by atoms with Crippen LogP contribution in [-0.2, 0) is 4.79 Å². The second kappa shape index (κ2) is 5.61. The summed E-state index contributed by atoms with van der Waals surface area (Å²) < 4.78 is 13.7. The predicted octanol–water partition coefficient (Wildman–Crippen LogP) is 2.34. The molecule has 0 unspecified atom stereocenters. The fourth-order valence-corrected chi connectivity index (χ4v) is 2.53. The molecular formula is C16H16FN3O. The largest absolute Gasteiger partial charge is 0.320 e. The number of carbonyl (C=O) groups excluding carboxylic acids is 1. The van der Waals surface area contributed by atoms with Crippen molar-refractivity contribution in [2.75, 3.05) is 11.4 Å². The van der Waals surface area contributed by atoms with Gasteiger partial charge in [0.15, 0.2) is 0 Å². The third-order valence-electron chi connectivity index (χ3n) is 3.69. The van der Waals surface area contributed by atoms with Crippen molar-refractivity contribution >= 4 is 11.7 Å². The highest BCUT2D eigenvalue weighted by Gasteiger charge is 2.27. The average Bonchev–Trinajstić information content (AvgIpc) is 2.51. The molecule has 21 heavy (non-hydrogen) atoms. The highest BCUT2D eigenvalue weighted by molar-refractivity contribution is 5.97. The molecule has 3 rings (SSSR count). The fourth-order valence-electron chi connectivity index (χ4n) is 2.53. The number of pyridine rings is 1. The Balaban J connectivity index is 1.88. The summed E-state index contributed by atoms with van der Waals surface area (Å²) in [4.78, 5) is 17.9. The highest BCUT2D eigenvalue weighted by Crippen LogP contribution is 2.24. The van der Waals surface area contributed by atoms with Gasteiger partial charge in [-0.25, -0.2) is 9.37 Å².